The highest BCUT2D eigenvalue weighted by Crippen LogP contribution is 2.35. The minimum absolute atomic E-state index is 0.148. The van der Waals surface area contributed by atoms with Crippen molar-refractivity contribution in [2.45, 2.75) is 19.9 Å². The van der Waals surface area contributed by atoms with Crippen molar-refractivity contribution in [2.24, 2.45) is 0 Å². The molecule has 0 spiro atoms. The fourth-order valence-corrected chi connectivity index (χ4v) is 3.63. The summed E-state index contributed by atoms with van der Waals surface area (Å²) in [7, 11) is 3.96. The average molecular weight is 417 g/mol. The van der Waals surface area contributed by atoms with Gasteiger partial charge in [-0.2, -0.15) is 0 Å². The van der Waals surface area contributed by atoms with Gasteiger partial charge in [-0.15, -0.1) is 0 Å². The predicted molar refractivity (Wildman–Crippen MR) is 130 cm³/mol. The van der Waals surface area contributed by atoms with Crippen molar-refractivity contribution < 1.29 is 5.11 Å². The molecule has 0 amide bonds. The molecule has 1 N–H and O–H groups in total. The molecule has 2 aromatic carbocycles. The van der Waals surface area contributed by atoms with E-state index in [9.17, 15) is 5.11 Å². The first kappa shape index (κ1) is 22.4. The van der Waals surface area contributed by atoms with E-state index in [1.54, 1.807) is 6.20 Å². The minimum Gasteiger partial charge on any atom is -0.396 e. The predicted octanol–water partition coefficient (Wildman–Crippen LogP) is 4.77. The maximum atomic E-state index is 9.29. The molecule has 5 nitrogen and oxygen atoms in total. The van der Waals surface area contributed by atoms with Crippen LogP contribution in [0.3, 0.4) is 0 Å². The Morgan fingerprint density at radius 1 is 1.10 bits per heavy atom. The van der Waals surface area contributed by atoms with Crippen LogP contribution in [0.25, 0.3) is 17.1 Å². The number of aliphatic hydroxyl groups excluding tert-OH is 1. The molecule has 162 valence electrons. The van der Waals surface area contributed by atoms with Crippen LogP contribution in [0.15, 0.2) is 74.0 Å². The molecular formula is C26H32N4O. The Morgan fingerprint density at radius 3 is 2.42 bits per heavy atom. The number of benzene rings is 2. The van der Waals surface area contributed by atoms with E-state index in [4.69, 9.17) is 4.98 Å². The van der Waals surface area contributed by atoms with E-state index in [-0.39, 0.29) is 6.61 Å². The van der Waals surface area contributed by atoms with Crippen molar-refractivity contribution in [3.63, 3.8) is 0 Å². The molecule has 0 bridgehead atoms. The van der Waals surface area contributed by atoms with Crippen LogP contribution >= 0.6 is 0 Å². The Bertz CT molecular complexity index is 1040. The van der Waals surface area contributed by atoms with Crippen LogP contribution in [0.2, 0.25) is 0 Å². The fraction of sp³-hybridized carbons (Fsp3) is 0.269. The Balaban J connectivity index is 2.23. The van der Waals surface area contributed by atoms with Crippen molar-refractivity contribution in [1.29, 1.82) is 0 Å². The highest BCUT2D eigenvalue weighted by Gasteiger charge is 2.24. The highest BCUT2D eigenvalue weighted by atomic mass is 16.3. The SMILES string of the molecule is C=CN(C)c1nc(-c2ccccc2C)n(Cc2ccccc2)c1C(=C)N(C)CCCO. The fourth-order valence-electron chi connectivity index (χ4n) is 3.63. The second-order valence-corrected chi connectivity index (χ2v) is 7.73. The number of nitrogens with zero attached hydrogens (tertiary/aromatic N) is 4. The van der Waals surface area contributed by atoms with Crippen molar-refractivity contribution in [1.82, 2.24) is 14.5 Å². The Labute approximate surface area is 185 Å². The van der Waals surface area contributed by atoms with E-state index >= 15 is 0 Å². The van der Waals surface area contributed by atoms with E-state index in [0.717, 1.165) is 28.6 Å². The van der Waals surface area contributed by atoms with Gasteiger partial charge in [0.15, 0.2) is 5.82 Å². The monoisotopic (exact) mass is 416 g/mol. The zero-order chi connectivity index (χ0) is 22.4. The summed E-state index contributed by atoms with van der Waals surface area (Å²) in [6.45, 7) is 12.0. The molecular weight excluding hydrogens is 384 g/mol. The van der Waals surface area contributed by atoms with Crippen molar-refractivity contribution >= 4 is 11.5 Å². The van der Waals surface area contributed by atoms with Gasteiger partial charge in [0.2, 0.25) is 0 Å². The number of aromatic nitrogens is 2. The zero-order valence-corrected chi connectivity index (χ0v) is 18.8. The molecule has 0 saturated carbocycles. The van der Waals surface area contributed by atoms with E-state index in [2.05, 4.69) is 65.9 Å². The quantitative estimate of drug-likeness (QED) is 0.517. The van der Waals surface area contributed by atoms with Crippen molar-refractivity contribution in [3.05, 3.63) is 90.8 Å². The Kier molecular flexibility index (Phi) is 7.32. The van der Waals surface area contributed by atoms with Gasteiger partial charge in [0.25, 0.3) is 0 Å². The molecule has 0 aliphatic rings. The summed E-state index contributed by atoms with van der Waals surface area (Å²) >= 11 is 0. The average Bonchev–Trinajstić information content (AvgIpc) is 3.16. The summed E-state index contributed by atoms with van der Waals surface area (Å²) < 4.78 is 2.24. The molecule has 1 aromatic heterocycles. The van der Waals surface area contributed by atoms with Gasteiger partial charge in [-0.25, -0.2) is 4.98 Å². The lowest BCUT2D eigenvalue weighted by molar-refractivity contribution is 0.272. The molecule has 5 heteroatoms. The second-order valence-electron chi connectivity index (χ2n) is 7.73. The number of imidazole rings is 1. The van der Waals surface area contributed by atoms with Crippen LogP contribution in [-0.2, 0) is 6.54 Å². The number of aliphatic hydroxyl groups is 1. The van der Waals surface area contributed by atoms with Gasteiger partial charge in [0.1, 0.15) is 11.5 Å². The van der Waals surface area contributed by atoms with E-state index in [0.29, 0.717) is 19.5 Å². The summed E-state index contributed by atoms with van der Waals surface area (Å²) in [6.07, 6.45) is 2.45. The van der Waals surface area contributed by atoms with Crippen LogP contribution in [-0.4, -0.2) is 46.8 Å². The van der Waals surface area contributed by atoms with E-state index < -0.39 is 0 Å². The maximum Gasteiger partial charge on any atom is 0.160 e. The number of aryl methyl sites for hydroxylation is 1. The number of rotatable bonds is 10. The summed E-state index contributed by atoms with van der Waals surface area (Å²) in [5.41, 5.74) is 5.26. The van der Waals surface area contributed by atoms with Crippen molar-refractivity contribution in [2.75, 3.05) is 32.1 Å². The van der Waals surface area contributed by atoms with E-state index in [1.165, 1.54) is 11.1 Å². The second kappa shape index (κ2) is 10.1. The minimum atomic E-state index is 0.148. The molecule has 3 rings (SSSR count). The smallest absolute Gasteiger partial charge is 0.160 e. The van der Waals surface area contributed by atoms with Crippen LogP contribution in [0.5, 0.6) is 0 Å². The van der Waals surface area contributed by atoms with Crippen LogP contribution < -0.4 is 4.90 Å². The molecule has 1 heterocycles. The molecule has 0 unspecified atom stereocenters. The molecule has 0 saturated heterocycles. The molecule has 0 fully saturated rings. The van der Waals surface area contributed by atoms with Crippen LogP contribution in [0.1, 0.15) is 23.2 Å². The molecule has 0 atom stereocenters. The van der Waals surface area contributed by atoms with Crippen molar-refractivity contribution in [3.8, 4) is 11.4 Å². The first-order chi connectivity index (χ1) is 15.0. The molecule has 31 heavy (non-hydrogen) atoms. The third kappa shape index (κ3) is 4.89. The van der Waals surface area contributed by atoms with Gasteiger partial charge >= 0.3 is 0 Å². The Hall–Kier alpha value is -3.31. The number of hydrogen-bond acceptors (Lipinski definition) is 4. The number of anilines is 1. The topological polar surface area (TPSA) is 44.5 Å². The molecule has 3 aromatic rings. The molecule has 0 aliphatic carbocycles. The lowest BCUT2D eigenvalue weighted by Gasteiger charge is -2.25. The van der Waals surface area contributed by atoms with Gasteiger partial charge in [-0.3, -0.25) is 0 Å². The van der Waals surface area contributed by atoms with Gasteiger partial charge in [0, 0.05) is 39.4 Å². The van der Waals surface area contributed by atoms with Gasteiger partial charge < -0.3 is 19.5 Å². The number of hydrogen-bond donors (Lipinski definition) is 1. The van der Waals surface area contributed by atoms with Gasteiger partial charge in [0.05, 0.1) is 5.70 Å². The lowest BCUT2D eigenvalue weighted by atomic mass is 10.1. The van der Waals surface area contributed by atoms with E-state index in [1.807, 2.05) is 37.2 Å². The third-order valence-electron chi connectivity index (χ3n) is 5.51. The largest absolute Gasteiger partial charge is 0.396 e. The third-order valence-corrected chi connectivity index (χ3v) is 5.51. The lowest BCUT2D eigenvalue weighted by Crippen LogP contribution is -2.22. The first-order valence-electron chi connectivity index (χ1n) is 10.5. The summed E-state index contributed by atoms with van der Waals surface area (Å²) in [4.78, 5) is 9.09. The highest BCUT2D eigenvalue weighted by molar-refractivity contribution is 5.76. The summed E-state index contributed by atoms with van der Waals surface area (Å²) in [6, 6.07) is 18.7. The Morgan fingerprint density at radius 2 is 1.77 bits per heavy atom. The van der Waals surface area contributed by atoms with Gasteiger partial charge in [-0.1, -0.05) is 67.8 Å². The maximum absolute atomic E-state index is 9.29. The summed E-state index contributed by atoms with van der Waals surface area (Å²) in [5.74, 6) is 1.71. The molecule has 0 radical (unpaired) electrons. The standard InChI is InChI=1S/C26H32N4O/c1-6-28(4)26-24(21(3)29(5)17-12-18-31)30(19-22-14-8-7-9-15-22)25(27-26)23-16-11-10-13-20(23)2/h6-11,13-16,31H,1,3,12,17-19H2,2,4-5H3. The first-order valence-corrected chi connectivity index (χ1v) is 10.5. The summed E-state index contributed by atoms with van der Waals surface area (Å²) in [5, 5.41) is 9.29. The zero-order valence-electron chi connectivity index (χ0n) is 18.8. The van der Waals surface area contributed by atoms with Gasteiger partial charge in [-0.05, 0) is 30.7 Å². The van der Waals surface area contributed by atoms with Crippen LogP contribution in [0.4, 0.5) is 5.82 Å². The molecule has 0 aliphatic heterocycles. The normalized spacial score (nSPS) is 10.7. The van der Waals surface area contributed by atoms with Crippen LogP contribution in [0, 0.1) is 6.92 Å².